The molecule has 0 saturated carbocycles. The highest BCUT2D eigenvalue weighted by molar-refractivity contribution is 6.08. The summed E-state index contributed by atoms with van der Waals surface area (Å²) in [4.78, 5) is 84.1. The zero-order chi connectivity index (χ0) is 22.0. The van der Waals surface area contributed by atoms with Crippen LogP contribution in [0.4, 0.5) is 0 Å². The molecule has 0 aromatic heterocycles. The first kappa shape index (κ1) is 25.0. The molecule has 0 spiro atoms. The first-order valence-corrected chi connectivity index (χ1v) is 8.64. The molecule has 0 aliphatic rings. The second-order valence-corrected chi connectivity index (χ2v) is 6.65. The van der Waals surface area contributed by atoms with E-state index in [1.54, 1.807) is 6.92 Å². The van der Waals surface area contributed by atoms with Crippen LogP contribution in [0.3, 0.4) is 0 Å². The van der Waals surface area contributed by atoms with Crippen molar-refractivity contribution < 1.29 is 33.6 Å². The molecule has 0 heterocycles. The molecule has 154 valence electrons. The summed E-state index contributed by atoms with van der Waals surface area (Å²) < 4.78 is 0. The number of ketones is 3. The summed E-state index contributed by atoms with van der Waals surface area (Å²) in [5.41, 5.74) is 0.489. The molecule has 0 aromatic rings. The van der Waals surface area contributed by atoms with Crippen molar-refractivity contribution >= 4 is 41.0 Å². The molecule has 0 bridgehead atoms. The van der Waals surface area contributed by atoms with Gasteiger partial charge in [-0.15, -0.1) is 0 Å². The van der Waals surface area contributed by atoms with E-state index in [4.69, 9.17) is 0 Å². The van der Waals surface area contributed by atoms with E-state index in [0.29, 0.717) is 10.5 Å². The molecule has 0 radical (unpaired) electrons. The van der Waals surface area contributed by atoms with E-state index < -0.39 is 60.2 Å². The van der Waals surface area contributed by atoms with Crippen molar-refractivity contribution in [2.24, 2.45) is 0 Å². The van der Waals surface area contributed by atoms with Gasteiger partial charge in [0.2, 0.25) is 23.6 Å². The van der Waals surface area contributed by atoms with Gasteiger partial charge in [-0.25, -0.2) is 0 Å². The molecule has 0 atom stereocenters. The Hall–Kier alpha value is -2.97. The Morgan fingerprint density at radius 3 is 1.00 bits per heavy atom. The molecule has 9 nitrogen and oxygen atoms in total. The van der Waals surface area contributed by atoms with E-state index in [2.05, 4.69) is 6.58 Å². The number of rotatable bonds is 11. The summed E-state index contributed by atoms with van der Waals surface area (Å²) in [7, 11) is 0. The molecule has 0 unspecified atom stereocenters. The van der Waals surface area contributed by atoms with Gasteiger partial charge in [0.15, 0.2) is 0 Å². The maximum Gasteiger partial charge on any atom is 0.236 e. The number of amides is 4. The Bertz CT molecular complexity index is 593. The smallest absolute Gasteiger partial charge is 0.236 e. The highest BCUT2D eigenvalue weighted by Crippen LogP contribution is 2.07. The summed E-state index contributed by atoms with van der Waals surface area (Å²) in [6, 6.07) is 0. The van der Waals surface area contributed by atoms with Gasteiger partial charge in [0.1, 0.15) is 17.3 Å². The quantitative estimate of drug-likeness (QED) is 0.371. The lowest BCUT2D eigenvalue weighted by Crippen LogP contribution is -2.47. The van der Waals surface area contributed by atoms with E-state index in [1.807, 2.05) is 0 Å². The van der Waals surface area contributed by atoms with Crippen LogP contribution in [0.25, 0.3) is 0 Å². The standard InChI is InChI=1S/C19H26N2O7/c1-12(2)8-16(25)20(17(26)9-13(3)22)6-7-21(18(27)10-14(4)23)19(28)11-15(5)24/h1,6-11H2,2-5H3. The average molecular weight is 394 g/mol. The molecule has 4 amide bonds. The van der Waals surface area contributed by atoms with Crippen LogP contribution in [-0.4, -0.2) is 63.9 Å². The van der Waals surface area contributed by atoms with Crippen LogP contribution < -0.4 is 0 Å². The Morgan fingerprint density at radius 2 is 0.786 bits per heavy atom. The van der Waals surface area contributed by atoms with Gasteiger partial charge in [-0.3, -0.25) is 43.4 Å². The summed E-state index contributed by atoms with van der Waals surface area (Å²) in [5, 5.41) is 0. The number of hydrogen-bond donors (Lipinski definition) is 0. The summed E-state index contributed by atoms with van der Waals surface area (Å²) in [6.45, 7) is 7.98. The minimum absolute atomic E-state index is 0.146. The molecule has 0 aliphatic heterocycles. The van der Waals surface area contributed by atoms with Crippen LogP contribution in [-0.2, 0) is 33.6 Å². The van der Waals surface area contributed by atoms with E-state index >= 15 is 0 Å². The van der Waals surface area contributed by atoms with Gasteiger partial charge in [-0.2, -0.15) is 0 Å². The predicted molar refractivity (Wildman–Crippen MR) is 98.8 cm³/mol. The van der Waals surface area contributed by atoms with Gasteiger partial charge in [-0.05, 0) is 27.7 Å². The largest absolute Gasteiger partial charge is 0.299 e. The third-order valence-electron chi connectivity index (χ3n) is 3.40. The Balaban J connectivity index is 5.51. The van der Waals surface area contributed by atoms with Crippen molar-refractivity contribution in [1.82, 2.24) is 9.80 Å². The fourth-order valence-electron chi connectivity index (χ4n) is 2.26. The van der Waals surface area contributed by atoms with Gasteiger partial charge in [0.25, 0.3) is 0 Å². The first-order valence-electron chi connectivity index (χ1n) is 8.64. The van der Waals surface area contributed by atoms with Crippen molar-refractivity contribution in [3.8, 4) is 0 Å². The molecule has 0 fully saturated rings. The number of nitrogens with zero attached hydrogens (tertiary/aromatic N) is 2. The lowest BCUT2D eigenvalue weighted by atomic mass is 10.2. The summed E-state index contributed by atoms with van der Waals surface area (Å²) >= 11 is 0. The van der Waals surface area contributed by atoms with E-state index in [0.717, 1.165) is 4.90 Å². The third-order valence-corrected chi connectivity index (χ3v) is 3.40. The maximum atomic E-state index is 12.3. The van der Waals surface area contributed by atoms with Crippen LogP contribution in [0.2, 0.25) is 0 Å². The lowest BCUT2D eigenvalue weighted by molar-refractivity contribution is -0.152. The second-order valence-electron chi connectivity index (χ2n) is 6.65. The highest BCUT2D eigenvalue weighted by Gasteiger charge is 2.27. The molecule has 0 saturated heterocycles. The zero-order valence-corrected chi connectivity index (χ0v) is 16.7. The van der Waals surface area contributed by atoms with Gasteiger partial charge in [0, 0.05) is 19.5 Å². The molecule has 0 aliphatic carbocycles. The van der Waals surface area contributed by atoms with Crippen LogP contribution >= 0.6 is 0 Å². The predicted octanol–water partition coefficient (Wildman–Crippen LogP) is 0.600. The average Bonchev–Trinajstić information content (AvgIpc) is 2.47. The molecular formula is C19H26N2O7. The Morgan fingerprint density at radius 1 is 0.536 bits per heavy atom. The fraction of sp³-hybridized carbons (Fsp3) is 0.526. The number of carbonyl (C=O) groups is 7. The number of hydrogen-bond acceptors (Lipinski definition) is 7. The van der Waals surface area contributed by atoms with Gasteiger partial charge in [0.05, 0.1) is 19.3 Å². The van der Waals surface area contributed by atoms with Gasteiger partial charge in [-0.1, -0.05) is 12.2 Å². The van der Waals surface area contributed by atoms with Crippen molar-refractivity contribution in [2.45, 2.75) is 53.4 Å². The third kappa shape index (κ3) is 9.65. The first-order chi connectivity index (χ1) is 12.8. The molecule has 0 rings (SSSR count). The highest BCUT2D eigenvalue weighted by atomic mass is 16.2. The van der Waals surface area contributed by atoms with Crippen LogP contribution in [0.1, 0.15) is 53.4 Å². The Labute approximate surface area is 163 Å². The Kier molecular flexibility index (Phi) is 10.4. The molecule has 9 heteroatoms. The zero-order valence-electron chi connectivity index (χ0n) is 16.7. The minimum Gasteiger partial charge on any atom is -0.299 e. The second kappa shape index (κ2) is 11.7. The summed E-state index contributed by atoms with van der Waals surface area (Å²) in [5.74, 6) is -4.46. The topological polar surface area (TPSA) is 126 Å². The molecular weight excluding hydrogens is 368 g/mol. The SMILES string of the molecule is C=C(C)CC(=O)N(CCN(C(=O)CC(C)=O)C(=O)CC(C)=O)C(=O)CC(C)=O. The van der Waals surface area contributed by atoms with Crippen molar-refractivity contribution in [1.29, 1.82) is 0 Å². The van der Waals surface area contributed by atoms with Crippen LogP contribution in [0.5, 0.6) is 0 Å². The molecule has 28 heavy (non-hydrogen) atoms. The van der Waals surface area contributed by atoms with E-state index in [-0.39, 0.29) is 19.5 Å². The normalized spacial score (nSPS) is 10.0. The van der Waals surface area contributed by atoms with Crippen molar-refractivity contribution in [3.63, 3.8) is 0 Å². The molecule has 0 N–H and O–H groups in total. The van der Waals surface area contributed by atoms with Crippen LogP contribution in [0.15, 0.2) is 12.2 Å². The summed E-state index contributed by atoms with van der Waals surface area (Å²) in [6.07, 6.45) is -1.76. The van der Waals surface area contributed by atoms with Gasteiger partial charge >= 0.3 is 0 Å². The number of Topliss-reactive ketones (excluding diaryl/α,β-unsaturated/α-hetero) is 3. The van der Waals surface area contributed by atoms with Gasteiger partial charge < -0.3 is 0 Å². The van der Waals surface area contributed by atoms with E-state index in [9.17, 15) is 33.6 Å². The fourth-order valence-corrected chi connectivity index (χ4v) is 2.26. The van der Waals surface area contributed by atoms with Crippen molar-refractivity contribution in [3.05, 3.63) is 12.2 Å². The van der Waals surface area contributed by atoms with Crippen molar-refractivity contribution in [2.75, 3.05) is 13.1 Å². The minimum atomic E-state index is -0.829. The monoisotopic (exact) mass is 394 g/mol. The molecule has 0 aromatic carbocycles. The number of carbonyl (C=O) groups excluding carboxylic acids is 7. The van der Waals surface area contributed by atoms with Crippen LogP contribution in [0, 0.1) is 0 Å². The number of imide groups is 2. The maximum absolute atomic E-state index is 12.3. The lowest BCUT2D eigenvalue weighted by Gasteiger charge is -2.25. The van der Waals surface area contributed by atoms with E-state index in [1.165, 1.54) is 20.8 Å².